The Labute approximate surface area is 113 Å². The molecule has 15 heavy (non-hydrogen) atoms. The summed E-state index contributed by atoms with van der Waals surface area (Å²) in [6.07, 6.45) is 0. The molecule has 6 nitrogen and oxygen atoms in total. The van der Waals surface area contributed by atoms with Crippen molar-refractivity contribution in [1.29, 1.82) is 0 Å². The molecule has 0 atom stereocenters. The first kappa shape index (κ1) is 21.1. The molecular formula is C8H22N2NaO4. The first-order valence-electron chi connectivity index (χ1n) is 4.68. The molecule has 7 heteroatoms. The summed E-state index contributed by atoms with van der Waals surface area (Å²) in [5.74, 6) is 0. The molecule has 89 valence electrons. The van der Waals surface area contributed by atoms with Crippen molar-refractivity contribution in [2.75, 3.05) is 52.6 Å². The van der Waals surface area contributed by atoms with Gasteiger partial charge in [0.25, 0.3) is 0 Å². The summed E-state index contributed by atoms with van der Waals surface area (Å²) in [7, 11) is 0. The van der Waals surface area contributed by atoms with Gasteiger partial charge in [-0.3, -0.25) is 0 Å². The van der Waals surface area contributed by atoms with E-state index in [1.54, 1.807) is 0 Å². The second-order valence-corrected chi connectivity index (χ2v) is 2.39. The van der Waals surface area contributed by atoms with Crippen molar-refractivity contribution in [3.8, 4) is 0 Å². The molecule has 0 heterocycles. The molecule has 0 aromatic heterocycles. The van der Waals surface area contributed by atoms with Crippen LogP contribution in [0.25, 0.3) is 0 Å². The van der Waals surface area contributed by atoms with Gasteiger partial charge in [-0.2, -0.15) is 0 Å². The van der Waals surface area contributed by atoms with Crippen molar-refractivity contribution in [2.45, 2.75) is 0 Å². The monoisotopic (exact) mass is 233 g/mol. The van der Waals surface area contributed by atoms with Crippen LogP contribution in [0.2, 0.25) is 0 Å². The zero-order valence-corrected chi connectivity index (χ0v) is 11.4. The molecule has 0 unspecified atom stereocenters. The Morgan fingerprint density at radius 1 is 0.533 bits per heavy atom. The van der Waals surface area contributed by atoms with Gasteiger partial charge >= 0.3 is 0 Å². The average molecular weight is 233 g/mol. The molecule has 0 amide bonds. The second-order valence-electron chi connectivity index (χ2n) is 2.39. The van der Waals surface area contributed by atoms with Crippen LogP contribution in [0.4, 0.5) is 0 Å². The van der Waals surface area contributed by atoms with Crippen LogP contribution in [0.5, 0.6) is 0 Å². The summed E-state index contributed by atoms with van der Waals surface area (Å²) < 4.78 is 0. The summed E-state index contributed by atoms with van der Waals surface area (Å²) in [5.41, 5.74) is 0. The topological polar surface area (TPSA) is 105 Å². The first-order valence-corrected chi connectivity index (χ1v) is 4.68. The number of rotatable bonds is 8. The number of aliphatic hydroxyl groups is 4. The third-order valence-corrected chi connectivity index (χ3v) is 1.15. The van der Waals surface area contributed by atoms with Crippen LogP contribution in [0.15, 0.2) is 0 Å². The molecule has 1 radical (unpaired) electrons. The van der Waals surface area contributed by atoms with Crippen LogP contribution in [0, 0.1) is 0 Å². The predicted octanol–water partition coefficient (Wildman–Crippen LogP) is -3.26. The van der Waals surface area contributed by atoms with E-state index in [2.05, 4.69) is 10.6 Å². The summed E-state index contributed by atoms with van der Waals surface area (Å²) in [5, 5.41) is 38.2. The van der Waals surface area contributed by atoms with E-state index in [0.29, 0.717) is 26.2 Å². The minimum absolute atomic E-state index is 0. The molecule has 0 rings (SSSR count). The van der Waals surface area contributed by atoms with Gasteiger partial charge in [-0.05, 0) is 0 Å². The Hall–Kier alpha value is 0.760. The fourth-order valence-electron chi connectivity index (χ4n) is 0.566. The molecule has 0 aliphatic heterocycles. The molecule has 6 N–H and O–H groups in total. The number of nitrogens with one attached hydrogen (secondary N) is 2. The fraction of sp³-hybridized carbons (Fsp3) is 1.00. The van der Waals surface area contributed by atoms with Crippen molar-refractivity contribution in [3.63, 3.8) is 0 Å². The Morgan fingerprint density at radius 2 is 0.733 bits per heavy atom. The smallest absolute Gasteiger partial charge is 0.0555 e. The number of hydrogen-bond acceptors (Lipinski definition) is 6. The van der Waals surface area contributed by atoms with Gasteiger partial charge in [-0.15, -0.1) is 0 Å². The first-order chi connectivity index (χ1) is 6.83. The fourth-order valence-corrected chi connectivity index (χ4v) is 0.566. The van der Waals surface area contributed by atoms with E-state index in [1.165, 1.54) is 0 Å². The molecule has 0 aliphatic carbocycles. The molecule has 0 spiro atoms. The van der Waals surface area contributed by atoms with Crippen LogP contribution in [0.1, 0.15) is 0 Å². The molecule has 0 aromatic carbocycles. The van der Waals surface area contributed by atoms with E-state index in [9.17, 15) is 0 Å². The normalized spacial score (nSPS) is 8.80. The minimum atomic E-state index is 0. The van der Waals surface area contributed by atoms with Crippen molar-refractivity contribution < 1.29 is 20.4 Å². The van der Waals surface area contributed by atoms with E-state index in [4.69, 9.17) is 20.4 Å². The van der Waals surface area contributed by atoms with E-state index in [-0.39, 0.29) is 56.0 Å². The number of aliphatic hydroxyl groups excluding tert-OH is 4. The molecule has 0 aliphatic rings. The SMILES string of the molecule is OCCNCCO.OCCNCCO.[Na]. The Morgan fingerprint density at radius 3 is 0.867 bits per heavy atom. The van der Waals surface area contributed by atoms with Crippen LogP contribution in [-0.2, 0) is 0 Å². The van der Waals surface area contributed by atoms with E-state index < -0.39 is 0 Å². The maximum Gasteiger partial charge on any atom is 0.0555 e. The Bertz CT molecular complexity index is 73.0. The van der Waals surface area contributed by atoms with Gasteiger partial charge in [0, 0.05) is 55.7 Å². The van der Waals surface area contributed by atoms with Gasteiger partial charge in [0.05, 0.1) is 26.4 Å². The third kappa shape index (κ3) is 31.3. The molecule has 0 saturated heterocycles. The average Bonchev–Trinajstić information content (AvgIpc) is 2.21. The van der Waals surface area contributed by atoms with E-state index >= 15 is 0 Å². The summed E-state index contributed by atoms with van der Waals surface area (Å²) in [4.78, 5) is 0. The predicted molar refractivity (Wildman–Crippen MR) is 59.8 cm³/mol. The van der Waals surface area contributed by atoms with Crippen molar-refractivity contribution in [2.24, 2.45) is 0 Å². The quantitative estimate of drug-likeness (QED) is 0.194. The molecule has 0 aromatic rings. The van der Waals surface area contributed by atoms with Gasteiger partial charge < -0.3 is 31.1 Å². The molecule has 0 fully saturated rings. The van der Waals surface area contributed by atoms with Gasteiger partial charge in [0.1, 0.15) is 0 Å². The standard InChI is InChI=1S/2C4H11NO2.Na/c2*6-3-1-5-2-4-7;/h2*5-7H,1-4H2;. The van der Waals surface area contributed by atoms with Crippen molar-refractivity contribution in [1.82, 2.24) is 10.6 Å². The van der Waals surface area contributed by atoms with Crippen molar-refractivity contribution in [3.05, 3.63) is 0 Å². The van der Waals surface area contributed by atoms with Gasteiger partial charge in [0.2, 0.25) is 0 Å². The minimum Gasteiger partial charge on any atom is -0.395 e. The number of hydrogen-bond donors (Lipinski definition) is 6. The summed E-state index contributed by atoms with van der Waals surface area (Å²) >= 11 is 0. The maximum atomic E-state index is 8.15. The Kier molecular flexibility index (Phi) is 33.9. The van der Waals surface area contributed by atoms with E-state index in [1.807, 2.05) is 0 Å². The van der Waals surface area contributed by atoms with Crippen molar-refractivity contribution >= 4 is 29.6 Å². The Balaban J connectivity index is -0.000000180. The zero-order chi connectivity index (χ0) is 11.1. The van der Waals surface area contributed by atoms with E-state index in [0.717, 1.165) is 0 Å². The largest absolute Gasteiger partial charge is 0.395 e. The summed E-state index contributed by atoms with van der Waals surface area (Å²) in [6, 6.07) is 0. The maximum absolute atomic E-state index is 8.15. The second kappa shape index (κ2) is 24.1. The van der Waals surface area contributed by atoms with Crippen LogP contribution >= 0.6 is 0 Å². The third-order valence-electron chi connectivity index (χ3n) is 1.15. The molecule has 0 saturated carbocycles. The van der Waals surface area contributed by atoms with Crippen LogP contribution in [-0.4, -0.2) is 103 Å². The zero-order valence-electron chi connectivity index (χ0n) is 9.45. The molecule has 0 bridgehead atoms. The van der Waals surface area contributed by atoms with Gasteiger partial charge in [-0.1, -0.05) is 0 Å². The van der Waals surface area contributed by atoms with Gasteiger partial charge in [0.15, 0.2) is 0 Å². The van der Waals surface area contributed by atoms with Crippen LogP contribution < -0.4 is 10.6 Å². The molecular weight excluding hydrogens is 211 g/mol. The van der Waals surface area contributed by atoms with Crippen LogP contribution in [0.3, 0.4) is 0 Å². The summed E-state index contributed by atoms with van der Waals surface area (Å²) in [6.45, 7) is 2.84. The van der Waals surface area contributed by atoms with Gasteiger partial charge in [-0.25, -0.2) is 0 Å².